The fourth-order valence-corrected chi connectivity index (χ4v) is 5.45. The van der Waals surface area contributed by atoms with E-state index in [2.05, 4.69) is 20.1 Å². The Balaban J connectivity index is 1.23. The van der Waals surface area contributed by atoms with E-state index in [4.69, 9.17) is 9.72 Å². The van der Waals surface area contributed by atoms with Gasteiger partial charge in [0.25, 0.3) is 0 Å². The minimum Gasteiger partial charge on any atom is -0.480 e. The Kier molecular flexibility index (Phi) is 6.13. The first-order chi connectivity index (χ1) is 20.2. The average molecular weight is 577 g/mol. The van der Waals surface area contributed by atoms with E-state index >= 15 is 0 Å². The number of methoxy groups -OCH3 is 1. The molecule has 2 fully saturated rings. The van der Waals surface area contributed by atoms with Crippen molar-refractivity contribution < 1.29 is 22.7 Å². The lowest BCUT2D eigenvalue weighted by Gasteiger charge is -2.36. The molecule has 3 aliphatic rings. The zero-order chi connectivity index (χ0) is 29.2. The van der Waals surface area contributed by atoms with Gasteiger partial charge in [-0.05, 0) is 56.4 Å². The number of halogens is 3. The van der Waals surface area contributed by atoms with Crippen molar-refractivity contribution in [1.82, 2.24) is 29.7 Å². The molecule has 0 radical (unpaired) electrons. The summed E-state index contributed by atoms with van der Waals surface area (Å²) in [5.74, 6) is 1.75. The molecule has 7 rings (SSSR count). The van der Waals surface area contributed by atoms with Crippen LogP contribution >= 0.6 is 0 Å². The zero-order valence-corrected chi connectivity index (χ0v) is 23.0. The average Bonchev–Trinajstić information content (AvgIpc) is 3.91. The number of fused-ring (bicyclic) bond motifs is 1. The van der Waals surface area contributed by atoms with Gasteiger partial charge in [0, 0.05) is 24.2 Å². The fourth-order valence-electron chi connectivity index (χ4n) is 5.45. The molecular formula is C29H27F3N8O2. The standard InChI is InChI=1S/C29H27F3N8O2/c1-16-11-22(29(30,31)32)37-40(16)20-7-3-17(4-8-20)13-38-14-23(41)39(19-9-10-19)21-12-33-26(36-27(21)38)24-25(18-5-6-18)34-15-35-28(24)42-2/h3-4,7-8,11-12,15,18-19H,5-6,9-10,13-14H2,1-2H3. The first-order valence-electron chi connectivity index (χ1n) is 13.8. The smallest absolute Gasteiger partial charge is 0.435 e. The monoisotopic (exact) mass is 576 g/mol. The van der Waals surface area contributed by atoms with Gasteiger partial charge >= 0.3 is 6.18 Å². The summed E-state index contributed by atoms with van der Waals surface area (Å²) < 4.78 is 46.3. The van der Waals surface area contributed by atoms with Gasteiger partial charge in [-0.25, -0.2) is 24.6 Å². The number of carbonyl (C=O) groups excluding carboxylic acids is 1. The number of amides is 1. The largest absolute Gasteiger partial charge is 0.480 e. The number of benzene rings is 1. The van der Waals surface area contributed by atoms with Gasteiger partial charge in [0.1, 0.15) is 17.6 Å². The van der Waals surface area contributed by atoms with E-state index in [-0.39, 0.29) is 18.5 Å². The van der Waals surface area contributed by atoms with Crippen LogP contribution in [0, 0.1) is 6.92 Å². The fraction of sp³-hybridized carbons (Fsp3) is 0.379. The molecular weight excluding hydrogens is 549 g/mol. The first kappa shape index (κ1) is 26.4. The summed E-state index contributed by atoms with van der Waals surface area (Å²) in [6.45, 7) is 2.07. The molecule has 2 saturated carbocycles. The van der Waals surface area contributed by atoms with Crippen molar-refractivity contribution in [1.29, 1.82) is 0 Å². The van der Waals surface area contributed by atoms with Gasteiger partial charge in [-0.1, -0.05) is 12.1 Å². The third-order valence-corrected chi connectivity index (χ3v) is 7.77. The number of carbonyl (C=O) groups is 1. The normalized spacial score (nSPS) is 17.0. The van der Waals surface area contributed by atoms with Gasteiger partial charge in [-0.15, -0.1) is 0 Å². The number of rotatable bonds is 7. The lowest BCUT2D eigenvalue weighted by atomic mass is 10.1. The van der Waals surface area contributed by atoms with Crippen LogP contribution in [0.2, 0.25) is 0 Å². The van der Waals surface area contributed by atoms with Gasteiger partial charge in [0.15, 0.2) is 17.3 Å². The summed E-state index contributed by atoms with van der Waals surface area (Å²) in [7, 11) is 1.55. The van der Waals surface area contributed by atoms with Gasteiger partial charge in [0.05, 0.1) is 31.2 Å². The van der Waals surface area contributed by atoms with E-state index in [1.807, 2.05) is 17.0 Å². The third kappa shape index (κ3) is 4.72. The minimum atomic E-state index is -4.52. The highest BCUT2D eigenvalue weighted by atomic mass is 19.4. The lowest BCUT2D eigenvalue weighted by molar-refractivity contribution is -0.141. The Morgan fingerprint density at radius 2 is 1.81 bits per heavy atom. The van der Waals surface area contributed by atoms with E-state index in [1.54, 1.807) is 37.3 Å². The highest BCUT2D eigenvalue weighted by Crippen LogP contribution is 2.46. The summed E-state index contributed by atoms with van der Waals surface area (Å²) in [5, 5.41) is 3.74. The van der Waals surface area contributed by atoms with Crippen LogP contribution in [0.15, 0.2) is 42.9 Å². The number of alkyl halides is 3. The number of hydrogen-bond acceptors (Lipinski definition) is 8. The molecule has 0 bridgehead atoms. The van der Waals surface area contributed by atoms with Crippen molar-refractivity contribution in [2.24, 2.45) is 0 Å². The highest BCUT2D eigenvalue weighted by Gasteiger charge is 2.41. The van der Waals surface area contributed by atoms with Crippen molar-refractivity contribution in [3.63, 3.8) is 0 Å². The van der Waals surface area contributed by atoms with Crippen molar-refractivity contribution in [2.45, 2.75) is 57.3 Å². The van der Waals surface area contributed by atoms with Crippen LogP contribution in [0.5, 0.6) is 5.88 Å². The van der Waals surface area contributed by atoms with Crippen molar-refractivity contribution in [3.8, 4) is 23.0 Å². The van der Waals surface area contributed by atoms with E-state index < -0.39 is 11.9 Å². The van der Waals surface area contributed by atoms with E-state index in [0.717, 1.165) is 43.0 Å². The maximum Gasteiger partial charge on any atom is 0.435 e. The zero-order valence-electron chi connectivity index (χ0n) is 23.0. The van der Waals surface area contributed by atoms with Crippen LogP contribution in [-0.2, 0) is 17.5 Å². The molecule has 4 heterocycles. The summed E-state index contributed by atoms with van der Waals surface area (Å²) in [6, 6.07) is 8.25. The van der Waals surface area contributed by atoms with E-state index in [9.17, 15) is 18.0 Å². The molecule has 42 heavy (non-hydrogen) atoms. The van der Waals surface area contributed by atoms with Gasteiger partial charge in [-0.3, -0.25) is 4.79 Å². The molecule has 13 heteroatoms. The quantitative estimate of drug-likeness (QED) is 0.308. The predicted molar refractivity (Wildman–Crippen MR) is 146 cm³/mol. The number of anilines is 2. The van der Waals surface area contributed by atoms with Crippen LogP contribution in [-0.4, -0.2) is 55.3 Å². The molecule has 10 nitrogen and oxygen atoms in total. The molecule has 3 aromatic heterocycles. The third-order valence-electron chi connectivity index (χ3n) is 7.77. The summed E-state index contributed by atoms with van der Waals surface area (Å²) in [5.41, 5.74) is 2.99. The van der Waals surface area contributed by atoms with Crippen LogP contribution in [0.25, 0.3) is 17.1 Å². The van der Waals surface area contributed by atoms with Crippen molar-refractivity contribution in [2.75, 3.05) is 23.5 Å². The molecule has 0 atom stereocenters. The number of ether oxygens (including phenoxy) is 1. The number of nitrogens with zero attached hydrogens (tertiary/aromatic N) is 8. The molecule has 1 aliphatic heterocycles. The molecule has 1 amide bonds. The van der Waals surface area contributed by atoms with Gasteiger partial charge in [-0.2, -0.15) is 18.3 Å². The van der Waals surface area contributed by atoms with E-state index in [1.165, 1.54) is 11.0 Å². The van der Waals surface area contributed by atoms with Gasteiger partial charge < -0.3 is 14.5 Å². The summed E-state index contributed by atoms with van der Waals surface area (Å²) in [4.78, 5) is 35.5. The Morgan fingerprint density at radius 1 is 1.05 bits per heavy atom. The summed E-state index contributed by atoms with van der Waals surface area (Å²) in [6.07, 6.45) is 2.60. The molecule has 0 N–H and O–H groups in total. The van der Waals surface area contributed by atoms with Crippen molar-refractivity contribution >= 4 is 17.4 Å². The Bertz CT molecular complexity index is 1680. The molecule has 2 aliphatic carbocycles. The molecule has 4 aromatic rings. The maximum absolute atomic E-state index is 13.3. The summed E-state index contributed by atoms with van der Waals surface area (Å²) >= 11 is 0. The van der Waals surface area contributed by atoms with Crippen LogP contribution in [0.4, 0.5) is 24.7 Å². The van der Waals surface area contributed by atoms with Crippen LogP contribution < -0.4 is 14.5 Å². The number of hydrogen-bond donors (Lipinski definition) is 0. The predicted octanol–water partition coefficient (Wildman–Crippen LogP) is 4.85. The number of aryl methyl sites for hydroxylation is 1. The molecule has 0 unspecified atom stereocenters. The topological polar surface area (TPSA) is 102 Å². The second kappa shape index (κ2) is 9.78. The first-order valence-corrected chi connectivity index (χ1v) is 13.8. The molecule has 1 aromatic carbocycles. The molecule has 0 saturated heterocycles. The second-order valence-electron chi connectivity index (χ2n) is 10.9. The molecule has 216 valence electrons. The molecule has 0 spiro atoms. The van der Waals surface area contributed by atoms with Crippen LogP contribution in [0.1, 0.15) is 54.2 Å². The van der Waals surface area contributed by atoms with Crippen LogP contribution in [0.3, 0.4) is 0 Å². The minimum absolute atomic E-state index is 0.0240. The SMILES string of the molecule is COc1ncnc(C2CC2)c1-c1ncc2c(n1)N(Cc1ccc(-n3nc(C(F)(F)F)cc3C)cc1)CC(=O)N2C1CC1. The highest BCUT2D eigenvalue weighted by molar-refractivity contribution is 6.03. The Hall–Kier alpha value is -4.55. The number of aromatic nitrogens is 6. The Labute approximate surface area is 239 Å². The van der Waals surface area contributed by atoms with Crippen molar-refractivity contribution in [3.05, 3.63) is 65.5 Å². The van der Waals surface area contributed by atoms with E-state index in [0.29, 0.717) is 52.6 Å². The Morgan fingerprint density at radius 3 is 2.45 bits per heavy atom. The van der Waals surface area contributed by atoms with Gasteiger partial charge in [0.2, 0.25) is 11.8 Å². The maximum atomic E-state index is 13.3. The lowest BCUT2D eigenvalue weighted by Crippen LogP contribution is -2.47. The second-order valence-corrected chi connectivity index (χ2v) is 10.9.